The van der Waals surface area contributed by atoms with E-state index in [1.165, 1.54) is 26.4 Å². The first kappa shape index (κ1) is 17.2. The van der Waals surface area contributed by atoms with Crippen LogP contribution in [0.25, 0.3) is 10.9 Å². The molecule has 1 heterocycles. The first-order valence-electron chi connectivity index (χ1n) is 7.70. The van der Waals surface area contributed by atoms with Crippen LogP contribution >= 0.6 is 0 Å². The number of anilines is 1. The normalized spacial score (nSPS) is 11.5. The van der Waals surface area contributed by atoms with Gasteiger partial charge in [0.05, 0.1) is 30.3 Å². The van der Waals surface area contributed by atoms with Gasteiger partial charge in [-0.3, -0.25) is 4.72 Å². The maximum atomic E-state index is 12.8. The van der Waals surface area contributed by atoms with E-state index >= 15 is 0 Å². The summed E-state index contributed by atoms with van der Waals surface area (Å²) in [6.45, 7) is 3.96. The number of hydrogen-bond donors (Lipinski definition) is 2. The van der Waals surface area contributed by atoms with E-state index in [1.807, 2.05) is 26.0 Å². The Kier molecular flexibility index (Phi) is 4.34. The lowest BCUT2D eigenvalue weighted by molar-refractivity contribution is 0.354. The van der Waals surface area contributed by atoms with Gasteiger partial charge in [-0.25, -0.2) is 8.42 Å². The van der Waals surface area contributed by atoms with E-state index in [2.05, 4.69) is 9.71 Å². The zero-order valence-electron chi connectivity index (χ0n) is 14.5. The Hall–Kier alpha value is -2.67. The molecule has 0 bridgehead atoms. The molecule has 0 radical (unpaired) electrons. The second kappa shape index (κ2) is 6.33. The van der Waals surface area contributed by atoms with Gasteiger partial charge in [0.15, 0.2) is 11.5 Å². The van der Waals surface area contributed by atoms with Gasteiger partial charge in [0.1, 0.15) is 0 Å². The number of ether oxygens (including phenoxy) is 2. The van der Waals surface area contributed by atoms with Gasteiger partial charge in [-0.1, -0.05) is 12.1 Å². The fourth-order valence-electron chi connectivity index (χ4n) is 2.76. The SMILES string of the molecule is COc1ccc(S(=O)(=O)Nc2cccc3c(C)c(C)[nH]c23)cc1OC. The quantitative estimate of drug-likeness (QED) is 0.728. The summed E-state index contributed by atoms with van der Waals surface area (Å²) < 4.78 is 38.6. The highest BCUT2D eigenvalue weighted by Crippen LogP contribution is 2.32. The third kappa shape index (κ3) is 3.02. The van der Waals surface area contributed by atoms with Gasteiger partial charge in [0.2, 0.25) is 0 Å². The first-order valence-corrected chi connectivity index (χ1v) is 9.18. The molecule has 2 aromatic carbocycles. The van der Waals surface area contributed by atoms with Crippen molar-refractivity contribution >= 4 is 26.6 Å². The number of methoxy groups -OCH3 is 2. The van der Waals surface area contributed by atoms with E-state index in [0.717, 1.165) is 22.2 Å². The second-order valence-electron chi connectivity index (χ2n) is 5.73. The predicted octanol–water partition coefficient (Wildman–Crippen LogP) is 3.60. The summed E-state index contributed by atoms with van der Waals surface area (Å²) in [4.78, 5) is 3.34. The summed E-state index contributed by atoms with van der Waals surface area (Å²) in [5, 5.41) is 0.991. The number of rotatable bonds is 5. The van der Waals surface area contributed by atoms with Crippen LogP contribution in [0.15, 0.2) is 41.3 Å². The number of aromatic amines is 1. The van der Waals surface area contributed by atoms with Crippen LogP contribution in [-0.2, 0) is 10.0 Å². The molecule has 0 aliphatic carbocycles. The summed E-state index contributed by atoms with van der Waals surface area (Å²) in [6, 6.07) is 10.0. The molecule has 0 amide bonds. The maximum absolute atomic E-state index is 12.8. The van der Waals surface area contributed by atoms with Crippen molar-refractivity contribution in [2.24, 2.45) is 0 Å². The summed E-state index contributed by atoms with van der Waals surface area (Å²) in [6.07, 6.45) is 0. The van der Waals surface area contributed by atoms with Crippen molar-refractivity contribution < 1.29 is 17.9 Å². The number of para-hydroxylation sites is 1. The number of aryl methyl sites for hydroxylation is 2. The number of H-pyrrole nitrogens is 1. The van der Waals surface area contributed by atoms with E-state index in [4.69, 9.17) is 9.47 Å². The third-order valence-electron chi connectivity index (χ3n) is 4.25. The number of hydrogen-bond acceptors (Lipinski definition) is 4. The van der Waals surface area contributed by atoms with Crippen molar-refractivity contribution in [2.75, 3.05) is 18.9 Å². The molecule has 0 unspecified atom stereocenters. The fourth-order valence-corrected chi connectivity index (χ4v) is 3.84. The Bertz CT molecular complexity index is 1040. The Morgan fingerprint density at radius 2 is 1.72 bits per heavy atom. The molecule has 3 aromatic rings. The molecular formula is C18H20N2O4S. The van der Waals surface area contributed by atoms with Crippen LogP contribution in [0.2, 0.25) is 0 Å². The van der Waals surface area contributed by atoms with Crippen molar-refractivity contribution in [1.82, 2.24) is 4.98 Å². The van der Waals surface area contributed by atoms with Crippen molar-refractivity contribution in [3.8, 4) is 11.5 Å². The van der Waals surface area contributed by atoms with Gasteiger partial charge in [0.25, 0.3) is 10.0 Å². The molecule has 132 valence electrons. The molecule has 0 aliphatic heterocycles. The lowest BCUT2D eigenvalue weighted by atomic mass is 10.1. The molecule has 0 fully saturated rings. The van der Waals surface area contributed by atoms with Gasteiger partial charge >= 0.3 is 0 Å². The highest BCUT2D eigenvalue weighted by Gasteiger charge is 2.19. The molecule has 2 N–H and O–H groups in total. The van der Waals surface area contributed by atoms with Crippen LogP contribution < -0.4 is 14.2 Å². The van der Waals surface area contributed by atoms with Gasteiger partial charge in [-0.2, -0.15) is 0 Å². The average molecular weight is 360 g/mol. The highest BCUT2D eigenvalue weighted by atomic mass is 32.2. The van der Waals surface area contributed by atoms with Crippen LogP contribution in [0.4, 0.5) is 5.69 Å². The lowest BCUT2D eigenvalue weighted by Crippen LogP contribution is -2.13. The molecule has 1 aromatic heterocycles. The summed E-state index contributed by atoms with van der Waals surface area (Å²) in [5.74, 6) is 0.828. The molecule has 0 saturated heterocycles. The number of benzene rings is 2. The van der Waals surface area contributed by atoms with E-state index in [0.29, 0.717) is 17.2 Å². The topological polar surface area (TPSA) is 80.4 Å². The predicted molar refractivity (Wildman–Crippen MR) is 98.1 cm³/mol. The van der Waals surface area contributed by atoms with Crippen LogP contribution in [-0.4, -0.2) is 27.6 Å². The minimum Gasteiger partial charge on any atom is -0.493 e. The Morgan fingerprint density at radius 3 is 2.40 bits per heavy atom. The minimum atomic E-state index is -3.77. The van der Waals surface area contributed by atoms with E-state index in [9.17, 15) is 8.42 Å². The standard InChI is InChI=1S/C18H20N2O4S/c1-11-12(2)19-18-14(11)6-5-7-15(18)20-25(21,22)13-8-9-16(23-3)17(10-13)24-4/h5-10,19-20H,1-4H3. The Balaban J connectivity index is 2.04. The summed E-state index contributed by atoms with van der Waals surface area (Å²) in [5.41, 5.74) is 3.37. The van der Waals surface area contributed by atoms with Gasteiger partial charge in [-0.15, -0.1) is 0 Å². The molecule has 0 atom stereocenters. The molecule has 0 saturated carbocycles. The van der Waals surface area contributed by atoms with Crippen molar-refractivity contribution in [3.05, 3.63) is 47.7 Å². The summed E-state index contributed by atoms with van der Waals surface area (Å²) >= 11 is 0. The van der Waals surface area contributed by atoms with Gasteiger partial charge in [0, 0.05) is 17.1 Å². The molecule has 6 nitrogen and oxygen atoms in total. The maximum Gasteiger partial charge on any atom is 0.262 e. The van der Waals surface area contributed by atoms with Crippen LogP contribution in [0.5, 0.6) is 11.5 Å². The largest absolute Gasteiger partial charge is 0.493 e. The number of aromatic nitrogens is 1. The molecule has 3 rings (SSSR count). The van der Waals surface area contributed by atoms with E-state index in [1.54, 1.807) is 12.1 Å². The Labute approximate surface area is 146 Å². The minimum absolute atomic E-state index is 0.0992. The van der Waals surface area contributed by atoms with Gasteiger partial charge < -0.3 is 14.5 Å². The summed E-state index contributed by atoms with van der Waals surface area (Å²) in [7, 11) is -0.805. The molecule has 7 heteroatoms. The Morgan fingerprint density at radius 1 is 1.00 bits per heavy atom. The monoisotopic (exact) mass is 360 g/mol. The lowest BCUT2D eigenvalue weighted by Gasteiger charge is -2.12. The van der Waals surface area contributed by atoms with E-state index in [-0.39, 0.29) is 4.90 Å². The molecule has 0 aliphatic rings. The molecular weight excluding hydrogens is 340 g/mol. The van der Waals surface area contributed by atoms with Crippen molar-refractivity contribution in [1.29, 1.82) is 0 Å². The van der Waals surface area contributed by atoms with E-state index < -0.39 is 10.0 Å². The number of fused-ring (bicyclic) bond motifs is 1. The zero-order valence-corrected chi connectivity index (χ0v) is 15.3. The fraction of sp³-hybridized carbons (Fsp3) is 0.222. The third-order valence-corrected chi connectivity index (χ3v) is 5.62. The van der Waals surface area contributed by atoms with Crippen molar-refractivity contribution in [2.45, 2.75) is 18.7 Å². The number of sulfonamides is 1. The molecule has 25 heavy (non-hydrogen) atoms. The first-order chi connectivity index (χ1) is 11.9. The second-order valence-corrected chi connectivity index (χ2v) is 7.41. The zero-order chi connectivity index (χ0) is 18.2. The number of nitrogens with one attached hydrogen (secondary N) is 2. The van der Waals surface area contributed by atoms with Crippen LogP contribution in [0.3, 0.4) is 0 Å². The highest BCUT2D eigenvalue weighted by molar-refractivity contribution is 7.92. The average Bonchev–Trinajstić information content (AvgIpc) is 2.90. The van der Waals surface area contributed by atoms with Crippen LogP contribution in [0.1, 0.15) is 11.3 Å². The van der Waals surface area contributed by atoms with Crippen molar-refractivity contribution in [3.63, 3.8) is 0 Å². The molecule has 0 spiro atoms. The van der Waals surface area contributed by atoms with Gasteiger partial charge in [-0.05, 0) is 37.6 Å². The smallest absolute Gasteiger partial charge is 0.262 e. The van der Waals surface area contributed by atoms with Crippen LogP contribution in [0, 0.1) is 13.8 Å².